The number of ether oxygens (including phenoxy) is 2. The summed E-state index contributed by atoms with van der Waals surface area (Å²) in [6.07, 6.45) is 0.297. The Hall–Kier alpha value is -2.81. The molecule has 0 fully saturated rings. The molecule has 0 aliphatic carbocycles. The number of esters is 1. The third kappa shape index (κ3) is 3.89. The zero-order valence-corrected chi connectivity index (χ0v) is 13.0. The standard InChI is InChI=1S/C20H18O3/c1-22-19-10-9-17-11-16(7-8-18(17)13-19)14-23-20(21)12-15-5-3-2-4-6-15/h2-11,13H,12,14H2,1H3. The number of fused-ring (bicyclic) bond motifs is 1. The van der Waals surface area contributed by atoms with Crippen molar-refractivity contribution in [3.63, 3.8) is 0 Å². The smallest absolute Gasteiger partial charge is 0.310 e. The molecule has 0 amide bonds. The lowest BCUT2D eigenvalue weighted by Gasteiger charge is -2.07. The Morgan fingerprint density at radius 2 is 1.61 bits per heavy atom. The van der Waals surface area contributed by atoms with Gasteiger partial charge in [0, 0.05) is 0 Å². The van der Waals surface area contributed by atoms with Crippen LogP contribution in [0.15, 0.2) is 66.7 Å². The Balaban J connectivity index is 1.64. The molecule has 0 N–H and O–H groups in total. The topological polar surface area (TPSA) is 35.5 Å². The molecule has 0 radical (unpaired) electrons. The average molecular weight is 306 g/mol. The Bertz CT molecular complexity index is 809. The highest BCUT2D eigenvalue weighted by Gasteiger charge is 2.06. The monoisotopic (exact) mass is 306 g/mol. The normalized spacial score (nSPS) is 10.5. The molecular formula is C20H18O3. The summed E-state index contributed by atoms with van der Waals surface area (Å²) in [6.45, 7) is 0.285. The molecule has 23 heavy (non-hydrogen) atoms. The maximum absolute atomic E-state index is 11.9. The molecule has 0 aliphatic heterocycles. The lowest BCUT2D eigenvalue weighted by atomic mass is 10.1. The second-order valence-corrected chi connectivity index (χ2v) is 5.37. The summed E-state index contributed by atoms with van der Waals surface area (Å²) >= 11 is 0. The number of carbonyl (C=O) groups is 1. The number of hydrogen-bond donors (Lipinski definition) is 0. The molecule has 116 valence electrons. The molecular weight excluding hydrogens is 288 g/mol. The van der Waals surface area contributed by atoms with E-state index in [1.54, 1.807) is 7.11 Å². The van der Waals surface area contributed by atoms with Gasteiger partial charge in [0.1, 0.15) is 12.4 Å². The van der Waals surface area contributed by atoms with Gasteiger partial charge < -0.3 is 9.47 Å². The summed E-state index contributed by atoms with van der Waals surface area (Å²) in [4.78, 5) is 11.9. The third-order valence-corrected chi connectivity index (χ3v) is 3.70. The molecule has 0 aliphatic rings. The van der Waals surface area contributed by atoms with Crippen molar-refractivity contribution in [2.45, 2.75) is 13.0 Å². The van der Waals surface area contributed by atoms with Crippen molar-refractivity contribution in [2.75, 3.05) is 7.11 Å². The molecule has 0 spiro atoms. The van der Waals surface area contributed by atoms with Crippen LogP contribution >= 0.6 is 0 Å². The summed E-state index contributed by atoms with van der Waals surface area (Å²) in [6, 6.07) is 21.5. The number of methoxy groups -OCH3 is 1. The second-order valence-electron chi connectivity index (χ2n) is 5.37. The van der Waals surface area contributed by atoms with Crippen molar-refractivity contribution >= 4 is 16.7 Å². The number of rotatable bonds is 5. The SMILES string of the molecule is COc1ccc2cc(COC(=O)Cc3ccccc3)ccc2c1. The van der Waals surface area contributed by atoms with Crippen molar-refractivity contribution in [1.82, 2.24) is 0 Å². The highest BCUT2D eigenvalue weighted by molar-refractivity contribution is 5.84. The highest BCUT2D eigenvalue weighted by atomic mass is 16.5. The van der Waals surface area contributed by atoms with E-state index in [9.17, 15) is 4.79 Å². The van der Waals surface area contributed by atoms with E-state index in [-0.39, 0.29) is 12.6 Å². The molecule has 0 unspecified atom stereocenters. The zero-order valence-electron chi connectivity index (χ0n) is 13.0. The van der Waals surface area contributed by atoms with Crippen LogP contribution in [0.1, 0.15) is 11.1 Å². The molecule has 0 saturated carbocycles. The number of benzene rings is 3. The molecule has 0 aromatic heterocycles. The van der Waals surface area contributed by atoms with Gasteiger partial charge in [0.15, 0.2) is 0 Å². The van der Waals surface area contributed by atoms with Gasteiger partial charge in [0.25, 0.3) is 0 Å². The minimum absolute atomic E-state index is 0.217. The molecule has 3 nitrogen and oxygen atoms in total. The zero-order chi connectivity index (χ0) is 16.1. The van der Waals surface area contributed by atoms with Crippen LogP contribution in [0.25, 0.3) is 10.8 Å². The van der Waals surface area contributed by atoms with Gasteiger partial charge in [-0.05, 0) is 40.1 Å². The third-order valence-electron chi connectivity index (χ3n) is 3.70. The van der Waals surface area contributed by atoms with Crippen molar-refractivity contribution in [3.8, 4) is 5.75 Å². The molecule has 0 atom stereocenters. The van der Waals surface area contributed by atoms with Crippen LogP contribution < -0.4 is 4.74 Å². The van der Waals surface area contributed by atoms with E-state index in [0.717, 1.165) is 27.6 Å². The molecule has 0 bridgehead atoms. The van der Waals surface area contributed by atoms with Crippen LogP contribution in [-0.4, -0.2) is 13.1 Å². The summed E-state index contributed by atoms with van der Waals surface area (Å²) < 4.78 is 10.6. The van der Waals surface area contributed by atoms with E-state index >= 15 is 0 Å². The fraction of sp³-hybridized carbons (Fsp3) is 0.150. The Kier molecular flexibility index (Phi) is 4.57. The van der Waals surface area contributed by atoms with E-state index in [4.69, 9.17) is 9.47 Å². The van der Waals surface area contributed by atoms with Gasteiger partial charge in [-0.1, -0.05) is 48.5 Å². The largest absolute Gasteiger partial charge is 0.497 e. The van der Waals surface area contributed by atoms with Gasteiger partial charge in [-0.2, -0.15) is 0 Å². The molecule has 3 rings (SSSR count). The number of hydrogen-bond acceptors (Lipinski definition) is 3. The second kappa shape index (κ2) is 6.97. The minimum atomic E-state index is -0.217. The Morgan fingerprint density at radius 1 is 0.870 bits per heavy atom. The molecule has 3 aromatic carbocycles. The molecule has 3 heteroatoms. The first-order chi connectivity index (χ1) is 11.2. The van der Waals surface area contributed by atoms with Crippen LogP contribution in [0.2, 0.25) is 0 Å². The van der Waals surface area contributed by atoms with Crippen molar-refractivity contribution in [1.29, 1.82) is 0 Å². The van der Waals surface area contributed by atoms with E-state index in [2.05, 4.69) is 0 Å². The fourth-order valence-corrected chi connectivity index (χ4v) is 2.47. The van der Waals surface area contributed by atoms with Gasteiger partial charge in [-0.15, -0.1) is 0 Å². The summed E-state index contributed by atoms with van der Waals surface area (Å²) in [5.41, 5.74) is 1.94. The van der Waals surface area contributed by atoms with Gasteiger partial charge in [-0.3, -0.25) is 4.79 Å². The van der Waals surface area contributed by atoms with Gasteiger partial charge in [-0.25, -0.2) is 0 Å². The highest BCUT2D eigenvalue weighted by Crippen LogP contribution is 2.22. The lowest BCUT2D eigenvalue weighted by Crippen LogP contribution is -2.07. The van der Waals surface area contributed by atoms with Crippen molar-refractivity contribution in [2.24, 2.45) is 0 Å². The summed E-state index contributed by atoms with van der Waals surface area (Å²) in [5, 5.41) is 2.20. The minimum Gasteiger partial charge on any atom is -0.497 e. The number of carbonyl (C=O) groups excluding carboxylic acids is 1. The fourth-order valence-electron chi connectivity index (χ4n) is 2.47. The van der Waals surface area contributed by atoms with E-state index in [1.165, 1.54) is 0 Å². The summed E-state index contributed by atoms with van der Waals surface area (Å²) in [7, 11) is 1.65. The van der Waals surface area contributed by atoms with Gasteiger partial charge in [0.2, 0.25) is 0 Å². The first-order valence-corrected chi connectivity index (χ1v) is 7.51. The first kappa shape index (κ1) is 15.1. The van der Waals surface area contributed by atoms with Crippen LogP contribution in [0, 0.1) is 0 Å². The first-order valence-electron chi connectivity index (χ1n) is 7.51. The van der Waals surface area contributed by atoms with E-state index in [1.807, 2.05) is 66.7 Å². The van der Waals surface area contributed by atoms with Crippen LogP contribution in [0.5, 0.6) is 5.75 Å². The quantitative estimate of drug-likeness (QED) is 0.665. The molecule has 3 aromatic rings. The lowest BCUT2D eigenvalue weighted by molar-refractivity contribution is -0.144. The van der Waals surface area contributed by atoms with E-state index < -0.39 is 0 Å². The maximum Gasteiger partial charge on any atom is 0.310 e. The average Bonchev–Trinajstić information content (AvgIpc) is 2.60. The summed E-state index contributed by atoms with van der Waals surface area (Å²) in [5.74, 6) is 0.616. The van der Waals surface area contributed by atoms with E-state index in [0.29, 0.717) is 6.42 Å². The predicted molar refractivity (Wildman–Crippen MR) is 90.4 cm³/mol. The van der Waals surface area contributed by atoms with Gasteiger partial charge >= 0.3 is 5.97 Å². The Morgan fingerprint density at radius 3 is 2.39 bits per heavy atom. The van der Waals surface area contributed by atoms with Gasteiger partial charge in [0.05, 0.1) is 13.5 Å². The van der Waals surface area contributed by atoms with Crippen molar-refractivity contribution < 1.29 is 14.3 Å². The molecule has 0 saturated heterocycles. The van der Waals surface area contributed by atoms with Crippen LogP contribution in [-0.2, 0) is 22.6 Å². The van der Waals surface area contributed by atoms with Crippen LogP contribution in [0.3, 0.4) is 0 Å². The van der Waals surface area contributed by atoms with Crippen LogP contribution in [0.4, 0.5) is 0 Å². The molecule has 0 heterocycles. The Labute approximate surface area is 135 Å². The maximum atomic E-state index is 11.9. The van der Waals surface area contributed by atoms with Crippen molar-refractivity contribution in [3.05, 3.63) is 77.9 Å². The predicted octanol–water partition coefficient (Wildman–Crippen LogP) is 4.13.